The Morgan fingerprint density at radius 3 is 2.44 bits per heavy atom. The molecule has 27 heavy (non-hydrogen) atoms. The Morgan fingerprint density at radius 1 is 1.22 bits per heavy atom. The van der Waals surface area contributed by atoms with Gasteiger partial charge >= 0.3 is 5.97 Å². The molecule has 0 saturated heterocycles. The maximum Gasteiger partial charge on any atom is 0.307 e. The van der Waals surface area contributed by atoms with Gasteiger partial charge in [-0.3, -0.25) is 14.9 Å². The summed E-state index contributed by atoms with van der Waals surface area (Å²) in [6, 6.07) is 11.9. The zero-order valence-electron chi connectivity index (χ0n) is 14.9. The lowest BCUT2D eigenvalue weighted by Gasteiger charge is -2.19. The number of hydrogen-bond acceptors (Lipinski definition) is 6. The summed E-state index contributed by atoms with van der Waals surface area (Å²) >= 11 is 0. The van der Waals surface area contributed by atoms with Gasteiger partial charge in [0, 0.05) is 18.2 Å². The van der Waals surface area contributed by atoms with Crippen LogP contribution in [0.4, 0.5) is 5.69 Å². The van der Waals surface area contributed by atoms with Crippen molar-refractivity contribution in [1.82, 2.24) is 4.72 Å². The predicted octanol–water partition coefficient (Wildman–Crippen LogP) is 2.36. The van der Waals surface area contributed by atoms with Crippen LogP contribution in [0.5, 0.6) is 0 Å². The molecule has 0 aliphatic carbocycles. The Hall–Kier alpha value is -2.78. The van der Waals surface area contributed by atoms with E-state index in [4.69, 9.17) is 0 Å². The number of ether oxygens (including phenoxy) is 1. The smallest absolute Gasteiger partial charge is 0.307 e. The first-order valence-corrected chi connectivity index (χ1v) is 9.59. The maximum atomic E-state index is 12.8. The first kappa shape index (κ1) is 20.5. The zero-order valence-corrected chi connectivity index (χ0v) is 15.7. The van der Waals surface area contributed by atoms with Crippen LogP contribution in [-0.4, -0.2) is 32.5 Å². The van der Waals surface area contributed by atoms with E-state index in [0.29, 0.717) is 6.42 Å². The fourth-order valence-corrected chi connectivity index (χ4v) is 4.13. The van der Waals surface area contributed by atoms with Crippen LogP contribution in [0.25, 0.3) is 0 Å². The van der Waals surface area contributed by atoms with Crippen molar-refractivity contribution in [2.75, 3.05) is 7.11 Å². The van der Waals surface area contributed by atoms with Crippen LogP contribution in [0, 0.1) is 17.0 Å². The van der Waals surface area contributed by atoms with Crippen molar-refractivity contribution in [2.24, 2.45) is 0 Å². The summed E-state index contributed by atoms with van der Waals surface area (Å²) in [6.45, 7) is 1.48. The van der Waals surface area contributed by atoms with E-state index >= 15 is 0 Å². The fraction of sp³-hybridized carbons (Fsp3) is 0.278. The van der Waals surface area contributed by atoms with E-state index in [1.807, 2.05) is 30.3 Å². The van der Waals surface area contributed by atoms with E-state index in [1.165, 1.54) is 26.2 Å². The topological polar surface area (TPSA) is 116 Å². The number of hydrogen-bond donors (Lipinski definition) is 1. The molecule has 0 saturated carbocycles. The Bertz CT molecular complexity index is 928. The minimum Gasteiger partial charge on any atom is -0.469 e. The van der Waals surface area contributed by atoms with Crippen LogP contribution >= 0.6 is 0 Å². The number of aryl methyl sites for hydroxylation is 1. The molecule has 2 rings (SSSR count). The van der Waals surface area contributed by atoms with Crippen LogP contribution in [-0.2, 0) is 26.0 Å². The molecule has 0 heterocycles. The third-order valence-corrected chi connectivity index (χ3v) is 5.63. The predicted molar refractivity (Wildman–Crippen MR) is 98.7 cm³/mol. The van der Waals surface area contributed by atoms with Gasteiger partial charge in [0.25, 0.3) is 5.69 Å². The minimum absolute atomic E-state index is 0.0731. The Balaban J connectivity index is 2.28. The molecule has 0 radical (unpaired) electrons. The highest BCUT2D eigenvalue weighted by Gasteiger charge is 2.25. The Kier molecular flexibility index (Phi) is 6.65. The molecule has 2 aromatic rings. The number of nitro groups is 1. The third-order valence-electron chi connectivity index (χ3n) is 3.95. The standard InChI is InChI=1S/C18H20N2O6S/c1-13-10-16(20(22)23)8-9-17(13)27(24,25)19-15(12-18(21)26-2)11-14-6-4-3-5-7-14/h3-10,15,19H,11-12H2,1-2H3/t15-/m1/s1. The first-order chi connectivity index (χ1) is 12.7. The van der Waals surface area contributed by atoms with Crippen LogP contribution in [0.3, 0.4) is 0 Å². The van der Waals surface area contributed by atoms with Gasteiger partial charge in [-0.2, -0.15) is 0 Å². The van der Waals surface area contributed by atoms with E-state index in [1.54, 1.807) is 0 Å². The second kappa shape index (κ2) is 8.74. The van der Waals surface area contributed by atoms with E-state index in [2.05, 4.69) is 9.46 Å². The van der Waals surface area contributed by atoms with Gasteiger partial charge in [-0.1, -0.05) is 30.3 Å². The van der Waals surface area contributed by atoms with Crippen LogP contribution < -0.4 is 4.72 Å². The van der Waals surface area contributed by atoms with Crippen LogP contribution in [0.2, 0.25) is 0 Å². The maximum absolute atomic E-state index is 12.8. The quantitative estimate of drug-likeness (QED) is 0.419. The summed E-state index contributed by atoms with van der Waals surface area (Å²) in [5.41, 5.74) is 0.907. The van der Waals surface area contributed by atoms with Gasteiger partial charge in [-0.25, -0.2) is 13.1 Å². The van der Waals surface area contributed by atoms with Crippen molar-refractivity contribution >= 4 is 21.7 Å². The number of nitro benzene ring substituents is 1. The molecule has 0 aromatic heterocycles. The monoisotopic (exact) mass is 392 g/mol. The van der Waals surface area contributed by atoms with Crippen molar-refractivity contribution < 1.29 is 22.9 Å². The summed E-state index contributed by atoms with van der Waals surface area (Å²) in [7, 11) is -2.75. The lowest BCUT2D eigenvalue weighted by atomic mass is 10.0. The number of rotatable bonds is 8. The number of carbonyl (C=O) groups excluding carboxylic acids is 1. The summed E-state index contributed by atoms with van der Waals surface area (Å²) in [5.74, 6) is -0.543. The molecule has 0 amide bonds. The summed E-state index contributed by atoms with van der Waals surface area (Å²) in [5, 5.41) is 10.8. The molecular formula is C18H20N2O6S. The van der Waals surface area contributed by atoms with Gasteiger partial charge in [0.2, 0.25) is 10.0 Å². The number of non-ortho nitro benzene ring substituents is 1. The summed E-state index contributed by atoms with van der Waals surface area (Å²) in [6.07, 6.45) is 0.151. The van der Waals surface area contributed by atoms with Gasteiger partial charge in [0.05, 0.1) is 23.3 Å². The molecule has 9 heteroatoms. The normalized spacial score (nSPS) is 12.4. The molecule has 0 bridgehead atoms. The number of benzene rings is 2. The average Bonchev–Trinajstić information content (AvgIpc) is 2.61. The molecule has 1 atom stereocenters. The van der Waals surface area contributed by atoms with Crippen molar-refractivity contribution in [3.63, 3.8) is 0 Å². The molecule has 0 fully saturated rings. The lowest BCUT2D eigenvalue weighted by Crippen LogP contribution is -2.38. The molecule has 1 N–H and O–H groups in total. The van der Waals surface area contributed by atoms with Gasteiger partial charge in [0.15, 0.2) is 0 Å². The second-order valence-corrected chi connectivity index (χ2v) is 7.68. The number of nitrogens with zero attached hydrogens (tertiary/aromatic N) is 1. The van der Waals surface area contributed by atoms with E-state index in [9.17, 15) is 23.3 Å². The second-order valence-electron chi connectivity index (χ2n) is 6.00. The number of esters is 1. The summed E-state index contributed by atoms with van der Waals surface area (Å²) < 4.78 is 32.7. The highest BCUT2D eigenvalue weighted by molar-refractivity contribution is 7.89. The average molecular weight is 392 g/mol. The molecule has 0 unspecified atom stereocenters. The Labute approximate surface area is 157 Å². The van der Waals surface area contributed by atoms with E-state index in [-0.39, 0.29) is 22.6 Å². The van der Waals surface area contributed by atoms with Crippen molar-refractivity contribution in [3.05, 3.63) is 69.8 Å². The Morgan fingerprint density at radius 2 is 1.89 bits per heavy atom. The molecule has 0 aliphatic rings. The SMILES string of the molecule is COC(=O)C[C@@H](Cc1ccccc1)NS(=O)(=O)c1ccc([N+](=O)[O-])cc1C. The molecule has 144 valence electrons. The molecule has 0 aliphatic heterocycles. The number of sulfonamides is 1. The van der Waals surface area contributed by atoms with Crippen LogP contribution in [0.15, 0.2) is 53.4 Å². The molecular weight excluding hydrogens is 372 g/mol. The molecule has 0 spiro atoms. The number of nitrogens with one attached hydrogen (secondary N) is 1. The first-order valence-electron chi connectivity index (χ1n) is 8.11. The van der Waals surface area contributed by atoms with Crippen molar-refractivity contribution in [3.8, 4) is 0 Å². The van der Waals surface area contributed by atoms with Gasteiger partial charge in [0.1, 0.15) is 0 Å². The fourth-order valence-electron chi connectivity index (χ4n) is 2.67. The number of carbonyl (C=O) groups is 1. The largest absolute Gasteiger partial charge is 0.469 e. The zero-order chi connectivity index (χ0) is 20.0. The van der Waals surface area contributed by atoms with E-state index in [0.717, 1.165) is 11.6 Å². The summed E-state index contributed by atoms with van der Waals surface area (Å²) in [4.78, 5) is 21.9. The van der Waals surface area contributed by atoms with Crippen LogP contribution in [0.1, 0.15) is 17.5 Å². The van der Waals surface area contributed by atoms with Gasteiger partial charge in [-0.05, 0) is 30.5 Å². The van der Waals surface area contributed by atoms with Gasteiger partial charge < -0.3 is 4.74 Å². The lowest BCUT2D eigenvalue weighted by molar-refractivity contribution is -0.385. The highest BCUT2D eigenvalue weighted by atomic mass is 32.2. The van der Waals surface area contributed by atoms with Gasteiger partial charge in [-0.15, -0.1) is 0 Å². The molecule has 8 nitrogen and oxygen atoms in total. The highest BCUT2D eigenvalue weighted by Crippen LogP contribution is 2.22. The van der Waals surface area contributed by atoms with Crippen molar-refractivity contribution in [2.45, 2.75) is 30.7 Å². The third kappa shape index (κ3) is 5.60. The minimum atomic E-state index is -3.99. The van der Waals surface area contributed by atoms with Crippen molar-refractivity contribution in [1.29, 1.82) is 0 Å². The van der Waals surface area contributed by atoms with E-state index < -0.39 is 27.0 Å². The molecule has 2 aromatic carbocycles. The number of methoxy groups -OCH3 is 1.